The average molecular weight is 374 g/mol. The zero-order chi connectivity index (χ0) is 19.6. The maximum atomic E-state index is 8.97. The Labute approximate surface area is 168 Å². The van der Waals surface area contributed by atoms with E-state index in [1.54, 1.807) is 0 Å². The fourth-order valence-corrected chi connectivity index (χ4v) is 3.21. The molecule has 28 heavy (non-hydrogen) atoms. The lowest BCUT2D eigenvalue weighted by atomic mass is 10.1. The van der Waals surface area contributed by atoms with Gasteiger partial charge in [-0.05, 0) is 42.2 Å². The van der Waals surface area contributed by atoms with Gasteiger partial charge in [0, 0.05) is 30.9 Å². The topological polar surface area (TPSA) is 27.4 Å². The minimum Gasteiger partial charge on any atom is -0.390 e. The number of anilines is 1. The molecule has 0 atom stereocenters. The number of aliphatic hydroxyl groups excluding tert-OH is 1. The van der Waals surface area contributed by atoms with Crippen LogP contribution in [0.25, 0.3) is 12.2 Å². The van der Waals surface area contributed by atoms with Crippen molar-refractivity contribution < 1.29 is 9.67 Å². The normalized spacial score (nSPS) is 11.1. The Morgan fingerprint density at radius 1 is 0.857 bits per heavy atom. The van der Waals surface area contributed by atoms with Gasteiger partial charge in [0.05, 0.1) is 0 Å². The summed E-state index contributed by atoms with van der Waals surface area (Å²) in [5.74, 6) is 0. The van der Waals surface area contributed by atoms with Crippen molar-refractivity contribution >= 4 is 17.8 Å². The highest BCUT2D eigenvalue weighted by Crippen LogP contribution is 2.17. The third-order valence-electron chi connectivity index (χ3n) is 4.90. The van der Waals surface area contributed by atoms with Gasteiger partial charge in [0.25, 0.3) is 0 Å². The number of rotatable bonds is 9. The van der Waals surface area contributed by atoms with Crippen molar-refractivity contribution in [2.24, 2.45) is 0 Å². The lowest BCUT2D eigenvalue weighted by Gasteiger charge is -2.23. The first-order valence-electron chi connectivity index (χ1n) is 9.95. The van der Waals surface area contributed by atoms with E-state index < -0.39 is 0 Å². The van der Waals surface area contributed by atoms with Gasteiger partial charge in [-0.15, -0.1) is 0 Å². The van der Waals surface area contributed by atoms with E-state index in [0.29, 0.717) is 6.54 Å². The maximum absolute atomic E-state index is 8.97. The number of aromatic nitrogens is 1. The van der Waals surface area contributed by atoms with Crippen molar-refractivity contribution in [1.82, 2.24) is 0 Å². The Hall–Kier alpha value is -2.91. The van der Waals surface area contributed by atoms with Crippen LogP contribution in [0.4, 0.5) is 5.69 Å². The Kier molecular flexibility index (Phi) is 7.39. The third-order valence-corrected chi connectivity index (χ3v) is 4.90. The molecule has 0 fully saturated rings. The number of likely N-dealkylation sites (N-methyl/N-ethyl adjacent to an activating group) is 1. The van der Waals surface area contributed by atoms with Crippen LogP contribution in [0.5, 0.6) is 0 Å². The molecule has 0 aliphatic heterocycles. The maximum Gasteiger partial charge on any atom is 0.171 e. The number of benzene rings is 2. The molecule has 3 nitrogen and oxygen atoms in total. The number of aliphatic hydroxyl groups is 1. The van der Waals surface area contributed by atoms with Crippen LogP contribution >= 0.6 is 0 Å². The van der Waals surface area contributed by atoms with E-state index in [4.69, 9.17) is 5.11 Å². The highest BCUT2D eigenvalue weighted by Gasteiger charge is 2.04. The largest absolute Gasteiger partial charge is 0.390 e. The first-order chi connectivity index (χ1) is 13.8. The molecule has 0 bridgehead atoms. The second-order valence-electron chi connectivity index (χ2n) is 6.83. The molecule has 0 aliphatic rings. The quantitative estimate of drug-likeness (QED) is 0.569. The molecule has 1 heterocycles. The minimum atomic E-state index is 0.159. The molecule has 0 saturated carbocycles. The van der Waals surface area contributed by atoms with Gasteiger partial charge in [0.1, 0.15) is 6.61 Å². The van der Waals surface area contributed by atoms with Crippen molar-refractivity contribution in [3.05, 3.63) is 95.8 Å². The Morgan fingerprint density at radius 3 is 2.11 bits per heavy atom. The van der Waals surface area contributed by atoms with Crippen LogP contribution in [0, 0.1) is 0 Å². The second-order valence-corrected chi connectivity index (χ2v) is 6.83. The van der Waals surface area contributed by atoms with Crippen molar-refractivity contribution in [3.8, 4) is 0 Å². The fraction of sp³-hybridized carbons (Fsp3) is 0.240. The number of nitrogens with zero attached hydrogens (tertiary/aromatic N) is 2. The predicted molar refractivity (Wildman–Crippen MR) is 117 cm³/mol. The lowest BCUT2D eigenvalue weighted by molar-refractivity contribution is -0.698. The van der Waals surface area contributed by atoms with E-state index in [9.17, 15) is 0 Å². The van der Waals surface area contributed by atoms with E-state index in [-0.39, 0.29) is 6.61 Å². The molecular weight excluding hydrogens is 344 g/mol. The van der Waals surface area contributed by atoms with E-state index in [2.05, 4.69) is 90.7 Å². The summed E-state index contributed by atoms with van der Waals surface area (Å²) in [4.78, 5) is 2.41. The molecule has 0 radical (unpaired) electrons. The van der Waals surface area contributed by atoms with Gasteiger partial charge in [-0.2, -0.15) is 0 Å². The second kappa shape index (κ2) is 10.4. The zero-order valence-electron chi connectivity index (χ0n) is 16.5. The number of hydrogen-bond donors (Lipinski definition) is 1. The van der Waals surface area contributed by atoms with E-state index in [0.717, 1.165) is 25.1 Å². The smallest absolute Gasteiger partial charge is 0.171 e. The van der Waals surface area contributed by atoms with Crippen LogP contribution in [-0.4, -0.2) is 24.8 Å². The average Bonchev–Trinajstić information content (AvgIpc) is 2.75. The molecule has 0 amide bonds. The summed E-state index contributed by atoms with van der Waals surface area (Å²) >= 11 is 0. The van der Waals surface area contributed by atoms with Gasteiger partial charge in [-0.3, -0.25) is 0 Å². The first-order valence-corrected chi connectivity index (χ1v) is 9.95. The van der Waals surface area contributed by atoms with Gasteiger partial charge in [-0.1, -0.05) is 54.6 Å². The van der Waals surface area contributed by atoms with Crippen LogP contribution < -0.4 is 9.47 Å². The van der Waals surface area contributed by atoms with Crippen LogP contribution in [0.15, 0.2) is 79.1 Å². The summed E-state index contributed by atoms with van der Waals surface area (Å²) in [5.41, 5.74) is 4.98. The van der Waals surface area contributed by atoms with Crippen LogP contribution in [0.1, 0.15) is 23.6 Å². The molecule has 3 heteroatoms. The molecule has 144 valence electrons. The molecule has 3 rings (SSSR count). The monoisotopic (exact) mass is 373 g/mol. The molecule has 2 aromatic carbocycles. The van der Waals surface area contributed by atoms with E-state index in [1.807, 2.05) is 17.0 Å². The molecule has 0 saturated heterocycles. The summed E-state index contributed by atoms with van der Waals surface area (Å²) in [5, 5.41) is 8.97. The minimum absolute atomic E-state index is 0.159. The summed E-state index contributed by atoms with van der Waals surface area (Å²) in [6, 6.07) is 23.5. The van der Waals surface area contributed by atoms with Gasteiger partial charge < -0.3 is 10.0 Å². The first kappa shape index (κ1) is 19.8. The summed E-state index contributed by atoms with van der Waals surface area (Å²) in [6.07, 6.45) is 9.29. The summed E-state index contributed by atoms with van der Waals surface area (Å²) in [6.45, 7) is 5.01. The highest BCUT2D eigenvalue weighted by atomic mass is 16.3. The van der Waals surface area contributed by atoms with Gasteiger partial charge >= 0.3 is 0 Å². The molecular formula is C25H29N2O+. The molecule has 0 aliphatic carbocycles. The Bertz CT molecular complexity index is 855. The molecule has 0 spiro atoms. The fourth-order valence-electron chi connectivity index (χ4n) is 3.21. The predicted octanol–water partition coefficient (Wildman–Crippen LogP) is 4.21. The van der Waals surface area contributed by atoms with Crippen LogP contribution in [-0.2, 0) is 13.0 Å². The van der Waals surface area contributed by atoms with Crippen molar-refractivity contribution in [2.75, 3.05) is 24.6 Å². The lowest BCUT2D eigenvalue weighted by Crippen LogP contribution is -2.34. The van der Waals surface area contributed by atoms with Gasteiger partial charge in [0.2, 0.25) is 0 Å². The molecule has 0 unspecified atom stereocenters. The molecule has 3 aromatic rings. The van der Waals surface area contributed by atoms with E-state index in [1.165, 1.54) is 16.8 Å². The van der Waals surface area contributed by atoms with E-state index >= 15 is 0 Å². The van der Waals surface area contributed by atoms with Crippen molar-refractivity contribution in [3.63, 3.8) is 0 Å². The zero-order valence-corrected chi connectivity index (χ0v) is 16.5. The van der Waals surface area contributed by atoms with Crippen LogP contribution in [0.2, 0.25) is 0 Å². The molecule has 1 N–H and O–H groups in total. The third kappa shape index (κ3) is 5.80. The standard InChI is InChI=1S/C25H29N2O/c1-2-27(19-16-22-6-4-3-5-7-22)25-12-10-23(11-13-25)8-9-24-14-17-26(18-15-24)20-21-28/h3-15,17-18,28H,2,16,19-21H2,1H3/q+1. The molecule has 1 aromatic heterocycles. The summed E-state index contributed by atoms with van der Waals surface area (Å²) < 4.78 is 1.97. The SMILES string of the molecule is CCN(CCc1ccccc1)c1ccc(C=Cc2cc[n+](CCO)cc2)cc1. The Morgan fingerprint density at radius 2 is 1.50 bits per heavy atom. The Balaban J connectivity index is 1.59. The summed E-state index contributed by atoms with van der Waals surface area (Å²) in [7, 11) is 0. The van der Waals surface area contributed by atoms with Crippen molar-refractivity contribution in [2.45, 2.75) is 19.9 Å². The van der Waals surface area contributed by atoms with Gasteiger partial charge in [0.15, 0.2) is 18.9 Å². The highest BCUT2D eigenvalue weighted by molar-refractivity contribution is 5.70. The van der Waals surface area contributed by atoms with Gasteiger partial charge in [-0.25, -0.2) is 4.57 Å². The van der Waals surface area contributed by atoms with Crippen molar-refractivity contribution in [1.29, 1.82) is 0 Å². The number of pyridine rings is 1. The number of hydrogen-bond acceptors (Lipinski definition) is 2. The van der Waals surface area contributed by atoms with Crippen LogP contribution in [0.3, 0.4) is 0 Å².